The second kappa shape index (κ2) is 3.88. The molecule has 0 spiro atoms. The molecule has 2 aromatic rings. The number of rotatable bonds is 1. The van der Waals surface area contributed by atoms with Gasteiger partial charge in [-0.2, -0.15) is 18.3 Å². The van der Waals surface area contributed by atoms with E-state index in [1.807, 2.05) is 0 Å². The Morgan fingerprint density at radius 3 is 2.55 bits per heavy atom. The van der Waals surface area contributed by atoms with Gasteiger partial charge in [-0.05, 0) is 31.9 Å². The summed E-state index contributed by atoms with van der Waals surface area (Å²) in [7, 11) is 0. The molecule has 0 aliphatic heterocycles. The van der Waals surface area contributed by atoms with Crippen molar-refractivity contribution in [3.63, 3.8) is 0 Å². The van der Waals surface area contributed by atoms with Gasteiger partial charge in [0, 0.05) is 5.39 Å². The van der Waals surface area contributed by atoms with Gasteiger partial charge in [-0.1, -0.05) is 0 Å². The van der Waals surface area contributed by atoms with E-state index in [9.17, 15) is 23.4 Å². The van der Waals surface area contributed by atoms with Crippen molar-refractivity contribution in [2.24, 2.45) is 0 Å². The fourth-order valence-corrected chi connectivity index (χ4v) is 2.80. The normalized spacial score (nSPS) is 26.8. The van der Waals surface area contributed by atoms with E-state index in [-0.39, 0.29) is 16.9 Å². The van der Waals surface area contributed by atoms with Crippen molar-refractivity contribution < 1.29 is 23.4 Å². The van der Waals surface area contributed by atoms with Crippen LogP contribution in [0.1, 0.15) is 31.4 Å². The van der Waals surface area contributed by atoms with Crippen LogP contribution in [-0.2, 0) is 6.18 Å². The zero-order chi connectivity index (χ0) is 14.7. The highest BCUT2D eigenvalue weighted by Crippen LogP contribution is 2.44. The molecule has 108 valence electrons. The van der Waals surface area contributed by atoms with E-state index >= 15 is 0 Å². The van der Waals surface area contributed by atoms with Crippen molar-refractivity contribution in [3.05, 3.63) is 23.9 Å². The van der Waals surface area contributed by atoms with Crippen LogP contribution in [0.4, 0.5) is 13.2 Å². The first-order valence-corrected chi connectivity index (χ1v) is 6.17. The molecular weight excluding hydrogens is 273 g/mol. The first-order valence-electron chi connectivity index (χ1n) is 6.17. The molecule has 1 aromatic heterocycles. The number of alkyl halides is 3. The molecular formula is C13H13F3N2O2. The van der Waals surface area contributed by atoms with Crippen molar-refractivity contribution in [2.45, 2.75) is 37.6 Å². The average molecular weight is 286 g/mol. The van der Waals surface area contributed by atoms with E-state index in [0.717, 1.165) is 0 Å². The van der Waals surface area contributed by atoms with Crippen LogP contribution in [0.5, 0.6) is 5.75 Å². The number of hydrogen-bond donors (Lipinski definition) is 2. The fraction of sp³-hybridized carbons (Fsp3) is 0.462. The molecule has 1 saturated carbocycles. The molecule has 1 fully saturated rings. The SMILES string of the molecule is C[C@]1(O)C[C@@H](n2ncc3cc(O)cc(C(F)(F)F)c32)C1. The maximum absolute atomic E-state index is 13.1. The van der Waals surface area contributed by atoms with Gasteiger partial charge in [0.1, 0.15) is 5.75 Å². The van der Waals surface area contributed by atoms with Gasteiger partial charge in [0.05, 0.1) is 28.9 Å². The van der Waals surface area contributed by atoms with Gasteiger partial charge in [0.2, 0.25) is 0 Å². The van der Waals surface area contributed by atoms with Crippen LogP contribution in [0.3, 0.4) is 0 Å². The Morgan fingerprint density at radius 1 is 1.35 bits per heavy atom. The molecule has 0 unspecified atom stereocenters. The van der Waals surface area contributed by atoms with Crippen molar-refractivity contribution in [2.75, 3.05) is 0 Å². The smallest absolute Gasteiger partial charge is 0.418 e. The van der Waals surface area contributed by atoms with Crippen LogP contribution >= 0.6 is 0 Å². The van der Waals surface area contributed by atoms with Gasteiger partial charge in [-0.25, -0.2) is 0 Å². The highest BCUT2D eigenvalue weighted by atomic mass is 19.4. The summed E-state index contributed by atoms with van der Waals surface area (Å²) >= 11 is 0. The van der Waals surface area contributed by atoms with Crippen LogP contribution in [0.25, 0.3) is 10.9 Å². The summed E-state index contributed by atoms with van der Waals surface area (Å²) in [5.41, 5.74) is -1.80. The first-order chi connectivity index (χ1) is 9.17. The van der Waals surface area contributed by atoms with E-state index in [0.29, 0.717) is 18.9 Å². The summed E-state index contributed by atoms with van der Waals surface area (Å²) in [5.74, 6) is -0.440. The fourth-order valence-electron chi connectivity index (χ4n) is 2.80. The number of aromatic hydroxyl groups is 1. The third kappa shape index (κ3) is 2.02. The van der Waals surface area contributed by atoms with Crippen LogP contribution in [0, 0.1) is 0 Å². The van der Waals surface area contributed by atoms with Crippen LogP contribution < -0.4 is 0 Å². The van der Waals surface area contributed by atoms with Gasteiger partial charge in [0.25, 0.3) is 0 Å². The summed E-state index contributed by atoms with van der Waals surface area (Å²) in [6.45, 7) is 1.64. The van der Waals surface area contributed by atoms with Crippen molar-refractivity contribution in [3.8, 4) is 5.75 Å². The van der Waals surface area contributed by atoms with Crippen molar-refractivity contribution >= 4 is 10.9 Å². The number of benzene rings is 1. The second-order valence-corrected chi connectivity index (χ2v) is 5.58. The Labute approximate surface area is 112 Å². The van der Waals surface area contributed by atoms with Gasteiger partial charge in [-0.15, -0.1) is 0 Å². The Hall–Kier alpha value is -1.76. The van der Waals surface area contributed by atoms with Gasteiger partial charge < -0.3 is 10.2 Å². The summed E-state index contributed by atoms with van der Waals surface area (Å²) in [6.07, 6.45) is -2.54. The molecule has 0 saturated heterocycles. The largest absolute Gasteiger partial charge is 0.508 e. The number of fused-ring (bicyclic) bond motifs is 1. The average Bonchev–Trinajstić information content (AvgIpc) is 2.66. The molecule has 3 rings (SSSR count). The first kappa shape index (κ1) is 13.2. The van der Waals surface area contributed by atoms with E-state index < -0.39 is 23.1 Å². The quantitative estimate of drug-likeness (QED) is 0.847. The molecule has 1 aliphatic rings. The standard InChI is InChI=1S/C13H13F3N2O2/c1-12(20)4-8(5-12)18-11-7(6-17-18)2-9(19)3-10(11)13(14,15)16/h2-3,6,8,19-20H,4-5H2,1H3/t8-,12+. The minimum atomic E-state index is -4.57. The van der Waals surface area contributed by atoms with Crippen molar-refractivity contribution in [1.82, 2.24) is 9.78 Å². The maximum Gasteiger partial charge on any atom is 0.418 e. The summed E-state index contributed by atoms with van der Waals surface area (Å²) < 4.78 is 40.6. The predicted molar refractivity (Wildman–Crippen MR) is 65.3 cm³/mol. The Balaban J connectivity index is 2.16. The summed E-state index contributed by atoms with van der Waals surface area (Å²) in [6, 6.07) is 1.70. The van der Waals surface area contributed by atoms with E-state index in [4.69, 9.17) is 0 Å². The molecule has 1 heterocycles. The Kier molecular flexibility index (Phi) is 2.57. The molecule has 20 heavy (non-hydrogen) atoms. The number of halogens is 3. The third-order valence-electron chi connectivity index (χ3n) is 3.68. The summed E-state index contributed by atoms with van der Waals surface area (Å²) in [5, 5.41) is 23.4. The third-order valence-corrected chi connectivity index (χ3v) is 3.68. The lowest BCUT2D eigenvalue weighted by molar-refractivity contribution is -0.136. The maximum atomic E-state index is 13.1. The van der Waals surface area contributed by atoms with Crippen LogP contribution in [0.15, 0.2) is 18.3 Å². The number of aliphatic hydroxyl groups is 1. The lowest BCUT2D eigenvalue weighted by Crippen LogP contribution is -2.42. The second-order valence-electron chi connectivity index (χ2n) is 5.58. The monoisotopic (exact) mass is 286 g/mol. The Morgan fingerprint density at radius 2 is 2.00 bits per heavy atom. The summed E-state index contributed by atoms with van der Waals surface area (Å²) in [4.78, 5) is 0. The number of hydrogen-bond acceptors (Lipinski definition) is 3. The van der Waals surface area contributed by atoms with E-state index in [1.54, 1.807) is 6.92 Å². The predicted octanol–water partition coefficient (Wildman–Crippen LogP) is 2.85. The highest BCUT2D eigenvalue weighted by molar-refractivity contribution is 5.84. The Bertz CT molecular complexity index is 668. The molecule has 0 bridgehead atoms. The van der Waals surface area contributed by atoms with Gasteiger partial charge >= 0.3 is 6.18 Å². The number of nitrogens with zero attached hydrogens (tertiary/aromatic N) is 2. The van der Waals surface area contributed by atoms with E-state index in [2.05, 4.69) is 5.10 Å². The molecule has 7 heteroatoms. The lowest BCUT2D eigenvalue weighted by atomic mass is 9.77. The molecule has 0 radical (unpaired) electrons. The molecule has 2 N–H and O–H groups in total. The molecule has 0 atom stereocenters. The minimum Gasteiger partial charge on any atom is -0.508 e. The molecule has 1 aromatic carbocycles. The molecule has 1 aliphatic carbocycles. The number of phenolic OH excluding ortho intramolecular Hbond substituents is 1. The van der Waals surface area contributed by atoms with Gasteiger partial charge in [0.15, 0.2) is 0 Å². The molecule has 0 amide bonds. The van der Waals surface area contributed by atoms with Crippen molar-refractivity contribution in [1.29, 1.82) is 0 Å². The topological polar surface area (TPSA) is 58.3 Å². The van der Waals surface area contributed by atoms with Gasteiger partial charge in [-0.3, -0.25) is 4.68 Å². The number of phenols is 1. The highest BCUT2D eigenvalue weighted by Gasteiger charge is 2.42. The van der Waals surface area contributed by atoms with Crippen LogP contribution in [0.2, 0.25) is 0 Å². The zero-order valence-electron chi connectivity index (χ0n) is 10.6. The van der Waals surface area contributed by atoms with E-state index in [1.165, 1.54) is 16.9 Å². The zero-order valence-corrected chi connectivity index (χ0v) is 10.6. The molecule has 4 nitrogen and oxygen atoms in total. The lowest BCUT2D eigenvalue weighted by Gasteiger charge is -2.41. The minimum absolute atomic E-state index is 0.0456. The van der Waals surface area contributed by atoms with Crippen LogP contribution in [-0.4, -0.2) is 25.6 Å². The number of aromatic nitrogens is 2.